The highest BCUT2D eigenvalue weighted by Crippen LogP contribution is 2.15. The molecule has 0 fully saturated rings. The molecular weight excluding hydrogens is 146 g/mol. The Bertz CT molecular complexity index is 424. The van der Waals surface area contributed by atoms with Crippen LogP contribution in [-0.4, -0.2) is 4.40 Å². The van der Waals surface area contributed by atoms with Gasteiger partial charge in [-0.3, -0.25) is 0 Å². The number of fused-ring (bicyclic) bond motifs is 1. The number of pyridine rings is 1. The van der Waals surface area contributed by atoms with Crippen LogP contribution in [0.1, 0.15) is 16.8 Å². The van der Waals surface area contributed by atoms with Crippen LogP contribution in [0.5, 0.6) is 0 Å². The Morgan fingerprint density at radius 3 is 2.58 bits per heavy atom. The van der Waals surface area contributed by atoms with Crippen LogP contribution >= 0.6 is 0 Å². The first-order chi connectivity index (χ1) is 5.68. The number of hydrogen-bond acceptors (Lipinski definition) is 0. The predicted molar refractivity (Wildman–Crippen MR) is 51.6 cm³/mol. The summed E-state index contributed by atoms with van der Waals surface area (Å²) in [6.07, 6.45) is 2.13. The van der Waals surface area contributed by atoms with Crippen LogP contribution in [0.4, 0.5) is 0 Å². The van der Waals surface area contributed by atoms with Crippen molar-refractivity contribution in [2.24, 2.45) is 0 Å². The molecule has 2 aromatic heterocycles. The summed E-state index contributed by atoms with van der Waals surface area (Å²) >= 11 is 0. The second kappa shape index (κ2) is 2.37. The first kappa shape index (κ1) is 7.41. The van der Waals surface area contributed by atoms with Crippen LogP contribution in [0.2, 0.25) is 0 Å². The molecule has 0 aromatic carbocycles. The molecule has 0 bridgehead atoms. The average molecular weight is 159 g/mol. The van der Waals surface area contributed by atoms with Crippen molar-refractivity contribution in [2.75, 3.05) is 0 Å². The fraction of sp³-hybridized carbons (Fsp3) is 0.273. The molecule has 0 saturated carbocycles. The molecule has 0 aliphatic heterocycles. The zero-order valence-corrected chi connectivity index (χ0v) is 7.76. The highest BCUT2D eigenvalue weighted by molar-refractivity contribution is 5.54. The Kier molecular flexibility index (Phi) is 1.47. The van der Waals surface area contributed by atoms with E-state index in [-0.39, 0.29) is 0 Å². The van der Waals surface area contributed by atoms with Crippen LogP contribution in [0, 0.1) is 20.8 Å². The molecule has 0 aliphatic carbocycles. The largest absolute Gasteiger partial charge is 0.321 e. The molecule has 1 heteroatoms. The van der Waals surface area contributed by atoms with Crippen LogP contribution in [0.15, 0.2) is 24.4 Å². The number of rotatable bonds is 0. The van der Waals surface area contributed by atoms with E-state index in [4.69, 9.17) is 0 Å². The predicted octanol–water partition coefficient (Wildman–Crippen LogP) is 2.86. The van der Waals surface area contributed by atoms with Crippen molar-refractivity contribution < 1.29 is 0 Å². The molecule has 0 amide bonds. The highest BCUT2D eigenvalue weighted by atomic mass is 14.9. The standard InChI is InChI=1S/C11H13N/c1-8-4-5-12-10(3)9(2)7-11(12)6-8/h4-7H,1-3H3. The second-order valence-corrected chi connectivity index (χ2v) is 3.41. The third-order valence-corrected chi connectivity index (χ3v) is 2.44. The van der Waals surface area contributed by atoms with E-state index in [1.165, 1.54) is 22.3 Å². The maximum atomic E-state index is 2.22. The van der Waals surface area contributed by atoms with Gasteiger partial charge in [-0.05, 0) is 50.1 Å². The second-order valence-electron chi connectivity index (χ2n) is 3.41. The molecular formula is C11H13N. The van der Waals surface area contributed by atoms with E-state index >= 15 is 0 Å². The van der Waals surface area contributed by atoms with Crippen molar-refractivity contribution in [1.29, 1.82) is 0 Å². The van der Waals surface area contributed by atoms with Gasteiger partial charge in [-0.1, -0.05) is 0 Å². The van der Waals surface area contributed by atoms with E-state index in [2.05, 4.69) is 49.6 Å². The molecule has 2 rings (SSSR count). The van der Waals surface area contributed by atoms with E-state index in [1.807, 2.05) is 0 Å². The zero-order chi connectivity index (χ0) is 8.72. The molecule has 2 heterocycles. The van der Waals surface area contributed by atoms with Crippen LogP contribution in [0.25, 0.3) is 5.52 Å². The van der Waals surface area contributed by atoms with Gasteiger partial charge in [0.25, 0.3) is 0 Å². The minimum absolute atomic E-state index is 1.30. The number of nitrogens with zero attached hydrogens (tertiary/aromatic N) is 1. The lowest BCUT2D eigenvalue weighted by Gasteiger charge is -1.98. The van der Waals surface area contributed by atoms with Gasteiger partial charge in [0.1, 0.15) is 0 Å². The molecule has 0 saturated heterocycles. The van der Waals surface area contributed by atoms with E-state index in [1.54, 1.807) is 0 Å². The molecule has 0 N–H and O–H groups in total. The molecule has 0 spiro atoms. The van der Waals surface area contributed by atoms with Crippen molar-refractivity contribution in [3.05, 3.63) is 41.2 Å². The number of aromatic nitrogens is 1. The van der Waals surface area contributed by atoms with Crippen molar-refractivity contribution >= 4 is 5.52 Å². The fourth-order valence-electron chi connectivity index (χ4n) is 1.56. The highest BCUT2D eigenvalue weighted by Gasteiger charge is 2.00. The summed E-state index contributed by atoms with van der Waals surface area (Å²) < 4.78 is 2.22. The van der Waals surface area contributed by atoms with E-state index in [9.17, 15) is 0 Å². The van der Waals surface area contributed by atoms with Gasteiger partial charge < -0.3 is 4.40 Å². The molecule has 1 nitrogen and oxygen atoms in total. The van der Waals surface area contributed by atoms with E-state index in [0.29, 0.717) is 0 Å². The van der Waals surface area contributed by atoms with Crippen LogP contribution in [0.3, 0.4) is 0 Å². The summed E-state index contributed by atoms with van der Waals surface area (Å²) in [5.41, 5.74) is 5.32. The fourth-order valence-corrected chi connectivity index (χ4v) is 1.56. The van der Waals surface area contributed by atoms with Gasteiger partial charge in [0, 0.05) is 17.4 Å². The van der Waals surface area contributed by atoms with Gasteiger partial charge >= 0.3 is 0 Å². The summed E-state index contributed by atoms with van der Waals surface area (Å²) in [5, 5.41) is 0. The summed E-state index contributed by atoms with van der Waals surface area (Å²) in [6.45, 7) is 6.42. The molecule has 0 atom stereocenters. The zero-order valence-electron chi connectivity index (χ0n) is 7.76. The lowest BCUT2D eigenvalue weighted by atomic mass is 10.2. The summed E-state index contributed by atoms with van der Waals surface area (Å²) in [5.74, 6) is 0. The maximum absolute atomic E-state index is 2.22. The average Bonchev–Trinajstić information content (AvgIpc) is 2.28. The quantitative estimate of drug-likeness (QED) is 0.556. The van der Waals surface area contributed by atoms with Crippen molar-refractivity contribution in [3.63, 3.8) is 0 Å². The Morgan fingerprint density at radius 1 is 1.08 bits per heavy atom. The van der Waals surface area contributed by atoms with Gasteiger partial charge in [-0.2, -0.15) is 0 Å². The maximum Gasteiger partial charge on any atom is 0.0458 e. The first-order valence-corrected chi connectivity index (χ1v) is 4.23. The molecule has 0 unspecified atom stereocenters. The Balaban J connectivity index is 2.87. The van der Waals surface area contributed by atoms with Crippen molar-refractivity contribution in [2.45, 2.75) is 20.8 Å². The Hall–Kier alpha value is -1.24. The summed E-state index contributed by atoms with van der Waals surface area (Å²) in [7, 11) is 0. The minimum atomic E-state index is 1.30. The van der Waals surface area contributed by atoms with Crippen molar-refractivity contribution in [3.8, 4) is 0 Å². The lowest BCUT2D eigenvalue weighted by molar-refractivity contribution is 1.09. The Morgan fingerprint density at radius 2 is 1.83 bits per heavy atom. The Labute approximate surface area is 72.6 Å². The van der Waals surface area contributed by atoms with Gasteiger partial charge in [0.05, 0.1) is 0 Å². The molecule has 12 heavy (non-hydrogen) atoms. The lowest BCUT2D eigenvalue weighted by Crippen LogP contribution is -1.86. The monoisotopic (exact) mass is 159 g/mol. The summed E-state index contributed by atoms with van der Waals surface area (Å²) in [6, 6.07) is 6.57. The number of hydrogen-bond donors (Lipinski definition) is 0. The topological polar surface area (TPSA) is 4.41 Å². The molecule has 0 radical (unpaired) electrons. The van der Waals surface area contributed by atoms with Gasteiger partial charge in [0.15, 0.2) is 0 Å². The SMILES string of the molecule is Cc1ccn2c(C)c(C)cc2c1. The normalized spacial score (nSPS) is 10.9. The third-order valence-electron chi connectivity index (χ3n) is 2.44. The van der Waals surface area contributed by atoms with Gasteiger partial charge in [0.2, 0.25) is 0 Å². The number of aryl methyl sites for hydroxylation is 3. The first-order valence-electron chi connectivity index (χ1n) is 4.23. The molecule has 0 aliphatic rings. The smallest absolute Gasteiger partial charge is 0.0458 e. The van der Waals surface area contributed by atoms with Gasteiger partial charge in [-0.25, -0.2) is 0 Å². The van der Waals surface area contributed by atoms with E-state index in [0.717, 1.165) is 0 Å². The van der Waals surface area contributed by atoms with Crippen LogP contribution < -0.4 is 0 Å². The van der Waals surface area contributed by atoms with E-state index < -0.39 is 0 Å². The molecule has 2 aromatic rings. The third kappa shape index (κ3) is 0.934. The van der Waals surface area contributed by atoms with Crippen molar-refractivity contribution in [1.82, 2.24) is 4.40 Å². The molecule has 62 valence electrons. The van der Waals surface area contributed by atoms with Crippen LogP contribution in [-0.2, 0) is 0 Å². The minimum Gasteiger partial charge on any atom is -0.321 e. The van der Waals surface area contributed by atoms with Gasteiger partial charge in [-0.15, -0.1) is 0 Å². The summed E-state index contributed by atoms with van der Waals surface area (Å²) in [4.78, 5) is 0.